The lowest BCUT2D eigenvalue weighted by atomic mass is 10.3. The Bertz CT molecular complexity index is 717. The Morgan fingerprint density at radius 3 is 2.37 bits per heavy atom. The third-order valence-electron chi connectivity index (χ3n) is 2.38. The van der Waals surface area contributed by atoms with E-state index in [0.717, 1.165) is 24.3 Å². The fourth-order valence-corrected chi connectivity index (χ4v) is 2.69. The summed E-state index contributed by atoms with van der Waals surface area (Å²) in [5.74, 6) is -1.37. The molecular weight excluding hydrogens is 274 g/mol. The summed E-state index contributed by atoms with van der Waals surface area (Å²) in [6.45, 7) is 0. The van der Waals surface area contributed by atoms with Crippen molar-refractivity contribution in [3.8, 4) is 0 Å². The summed E-state index contributed by atoms with van der Waals surface area (Å²) in [5.41, 5.74) is 5.00. The standard InChI is InChI=1S/C12H10F2N2O2S/c13-8-5-6-12(10(15)7-8)19(17,18)16-11-4-2-1-3-9(11)14/h1-7,16H,15H2. The summed E-state index contributed by atoms with van der Waals surface area (Å²) in [6, 6.07) is 8.17. The van der Waals surface area contributed by atoms with E-state index in [4.69, 9.17) is 5.73 Å². The molecule has 0 bridgehead atoms. The van der Waals surface area contributed by atoms with Crippen molar-refractivity contribution in [3.05, 3.63) is 54.1 Å². The Balaban J connectivity index is 2.41. The first-order valence-electron chi connectivity index (χ1n) is 5.22. The van der Waals surface area contributed by atoms with Crippen molar-refractivity contribution in [1.82, 2.24) is 0 Å². The van der Waals surface area contributed by atoms with Gasteiger partial charge >= 0.3 is 0 Å². The maximum absolute atomic E-state index is 13.4. The molecule has 0 radical (unpaired) electrons. The fraction of sp³-hybridized carbons (Fsp3) is 0. The van der Waals surface area contributed by atoms with E-state index in [0.29, 0.717) is 0 Å². The molecule has 0 unspecified atom stereocenters. The maximum atomic E-state index is 13.4. The second-order valence-corrected chi connectivity index (χ2v) is 5.42. The third-order valence-corrected chi connectivity index (χ3v) is 3.82. The lowest BCUT2D eigenvalue weighted by molar-refractivity contribution is 0.597. The van der Waals surface area contributed by atoms with Crippen molar-refractivity contribution in [2.45, 2.75) is 4.90 Å². The van der Waals surface area contributed by atoms with Crippen molar-refractivity contribution >= 4 is 21.4 Å². The highest BCUT2D eigenvalue weighted by Crippen LogP contribution is 2.23. The van der Waals surface area contributed by atoms with E-state index in [-0.39, 0.29) is 16.3 Å². The van der Waals surface area contributed by atoms with Crippen LogP contribution in [0.1, 0.15) is 0 Å². The molecule has 0 heterocycles. The quantitative estimate of drug-likeness (QED) is 0.850. The molecule has 0 aliphatic rings. The highest BCUT2D eigenvalue weighted by atomic mass is 32.2. The van der Waals surface area contributed by atoms with E-state index in [1.54, 1.807) is 0 Å². The number of rotatable bonds is 3. The van der Waals surface area contributed by atoms with Gasteiger partial charge in [0.05, 0.1) is 11.4 Å². The number of nitrogens with two attached hydrogens (primary N) is 1. The van der Waals surface area contributed by atoms with Gasteiger partial charge in [-0.2, -0.15) is 0 Å². The molecule has 0 spiro atoms. The van der Waals surface area contributed by atoms with Gasteiger partial charge < -0.3 is 5.73 Å². The highest BCUT2D eigenvalue weighted by Gasteiger charge is 2.19. The molecule has 0 fully saturated rings. The molecule has 2 aromatic carbocycles. The minimum Gasteiger partial charge on any atom is -0.398 e. The summed E-state index contributed by atoms with van der Waals surface area (Å²) in [6.07, 6.45) is 0. The number of hydrogen-bond acceptors (Lipinski definition) is 3. The summed E-state index contributed by atoms with van der Waals surface area (Å²) in [5, 5.41) is 0. The first-order valence-corrected chi connectivity index (χ1v) is 6.71. The summed E-state index contributed by atoms with van der Waals surface area (Å²) in [4.78, 5) is -0.308. The molecule has 2 rings (SSSR count). The van der Waals surface area contributed by atoms with Crippen LogP contribution in [0.3, 0.4) is 0 Å². The summed E-state index contributed by atoms with van der Waals surface area (Å²) < 4.78 is 52.3. The van der Waals surface area contributed by atoms with Gasteiger partial charge in [0.1, 0.15) is 16.5 Å². The van der Waals surface area contributed by atoms with Crippen LogP contribution in [-0.2, 0) is 10.0 Å². The molecule has 0 amide bonds. The number of sulfonamides is 1. The minimum absolute atomic E-state index is 0.203. The van der Waals surface area contributed by atoms with Gasteiger partial charge in [-0.15, -0.1) is 0 Å². The van der Waals surface area contributed by atoms with Crippen LogP contribution >= 0.6 is 0 Å². The second kappa shape index (κ2) is 4.85. The van der Waals surface area contributed by atoms with Gasteiger partial charge in [-0.1, -0.05) is 12.1 Å². The number of nitrogens with one attached hydrogen (secondary N) is 1. The van der Waals surface area contributed by atoms with E-state index >= 15 is 0 Å². The van der Waals surface area contributed by atoms with Crippen LogP contribution in [0.5, 0.6) is 0 Å². The number of para-hydroxylation sites is 1. The second-order valence-electron chi connectivity index (χ2n) is 3.77. The van der Waals surface area contributed by atoms with E-state index in [1.807, 2.05) is 0 Å². The van der Waals surface area contributed by atoms with Gasteiger partial charge in [0, 0.05) is 0 Å². The van der Waals surface area contributed by atoms with Gasteiger partial charge in [-0.3, -0.25) is 4.72 Å². The van der Waals surface area contributed by atoms with Gasteiger partial charge in [0.25, 0.3) is 10.0 Å². The van der Waals surface area contributed by atoms with Crippen molar-refractivity contribution in [2.75, 3.05) is 10.5 Å². The smallest absolute Gasteiger partial charge is 0.264 e. The zero-order valence-electron chi connectivity index (χ0n) is 9.60. The van der Waals surface area contributed by atoms with Crippen molar-refractivity contribution in [3.63, 3.8) is 0 Å². The fourth-order valence-electron chi connectivity index (χ4n) is 1.51. The summed E-state index contributed by atoms with van der Waals surface area (Å²) >= 11 is 0. The SMILES string of the molecule is Nc1cc(F)ccc1S(=O)(=O)Nc1ccccc1F. The Labute approximate surface area is 108 Å². The van der Waals surface area contributed by atoms with Crippen LogP contribution in [0.4, 0.5) is 20.2 Å². The molecule has 0 atom stereocenters. The monoisotopic (exact) mass is 284 g/mol. The molecule has 0 aliphatic heterocycles. The Morgan fingerprint density at radius 1 is 1.05 bits per heavy atom. The lowest BCUT2D eigenvalue weighted by Gasteiger charge is -2.10. The molecule has 0 aromatic heterocycles. The zero-order valence-corrected chi connectivity index (χ0v) is 10.4. The number of benzene rings is 2. The van der Waals surface area contributed by atoms with E-state index in [2.05, 4.69) is 4.72 Å². The molecule has 0 saturated carbocycles. The molecule has 19 heavy (non-hydrogen) atoms. The van der Waals surface area contributed by atoms with Crippen LogP contribution in [-0.4, -0.2) is 8.42 Å². The zero-order chi connectivity index (χ0) is 14.0. The van der Waals surface area contributed by atoms with Crippen molar-refractivity contribution < 1.29 is 17.2 Å². The van der Waals surface area contributed by atoms with Crippen LogP contribution in [0.15, 0.2) is 47.4 Å². The van der Waals surface area contributed by atoms with E-state index in [1.165, 1.54) is 18.2 Å². The molecule has 100 valence electrons. The summed E-state index contributed by atoms with van der Waals surface area (Å²) in [7, 11) is -4.06. The number of hydrogen-bond donors (Lipinski definition) is 2. The third kappa shape index (κ3) is 2.82. The number of nitrogen functional groups attached to an aromatic ring is 1. The molecule has 3 N–H and O–H groups in total. The lowest BCUT2D eigenvalue weighted by Crippen LogP contribution is -2.15. The topological polar surface area (TPSA) is 72.2 Å². The molecule has 2 aromatic rings. The van der Waals surface area contributed by atoms with Gasteiger partial charge in [-0.05, 0) is 30.3 Å². The van der Waals surface area contributed by atoms with Crippen molar-refractivity contribution in [2.24, 2.45) is 0 Å². The van der Waals surface area contributed by atoms with Crippen LogP contribution in [0.25, 0.3) is 0 Å². The van der Waals surface area contributed by atoms with Gasteiger partial charge in [-0.25, -0.2) is 17.2 Å². The van der Waals surface area contributed by atoms with E-state index < -0.39 is 21.7 Å². The minimum atomic E-state index is -4.06. The highest BCUT2D eigenvalue weighted by molar-refractivity contribution is 7.92. The average molecular weight is 284 g/mol. The number of anilines is 2. The Morgan fingerprint density at radius 2 is 1.74 bits per heavy atom. The number of halogens is 2. The molecule has 0 aliphatic carbocycles. The van der Waals surface area contributed by atoms with Crippen LogP contribution in [0, 0.1) is 11.6 Å². The van der Waals surface area contributed by atoms with Crippen molar-refractivity contribution in [1.29, 1.82) is 0 Å². The maximum Gasteiger partial charge on any atom is 0.264 e. The molecular formula is C12H10F2N2O2S. The largest absolute Gasteiger partial charge is 0.398 e. The van der Waals surface area contributed by atoms with Crippen LogP contribution < -0.4 is 10.5 Å². The van der Waals surface area contributed by atoms with E-state index in [9.17, 15) is 17.2 Å². The first-order chi connectivity index (χ1) is 8.90. The molecule has 7 heteroatoms. The Kier molecular flexibility index (Phi) is 3.39. The average Bonchev–Trinajstić information content (AvgIpc) is 2.31. The van der Waals surface area contributed by atoms with Gasteiger partial charge in [0.15, 0.2) is 0 Å². The normalized spacial score (nSPS) is 11.3. The van der Waals surface area contributed by atoms with Gasteiger partial charge in [0.2, 0.25) is 0 Å². The molecule has 0 saturated heterocycles. The predicted octanol–water partition coefficient (Wildman–Crippen LogP) is 2.35. The molecule has 4 nitrogen and oxygen atoms in total. The first kappa shape index (κ1) is 13.3. The predicted molar refractivity (Wildman–Crippen MR) is 68.0 cm³/mol. The van der Waals surface area contributed by atoms with Crippen LogP contribution in [0.2, 0.25) is 0 Å². The Hall–Kier alpha value is -2.15.